The molecule has 0 aliphatic carbocycles. The lowest BCUT2D eigenvalue weighted by atomic mass is 10.2. The molecule has 2 amide bonds. The molecule has 0 saturated heterocycles. The van der Waals surface area contributed by atoms with Crippen molar-refractivity contribution < 1.29 is 9.59 Å². The molecule has 0 aliphatic heterocycles. The van der Waals surface area contributed by atoms with E-state index < -0.39 is 0 Å². The lowest BCUT2D eigenvalue weighted by molar-refractivity contribution is 0.101. The third-order valence-corrected chi connectivity index (χ3v) is 4.54. The van der Waals surface area contributed by atoms with Gasteiger partial charge in [0.05, 0.1) is 5.56 Å². The number of hydrogen-bond donors (Lipinski definition) is 2. The highest BCUT2D eigenvalue weighted by atomic mass is 16.2. The van der Waals surface area contributed by atoms with Crippen LogP contribution in [0, 0.1) is 0 Å². The van der Waals surface area contributed by atoms with Gasteiger partial charge in [0.2, 0.25) is 0 Å². The smallest absolute Gasteiger partial charge is 0.274 e. The fraction of sp³-hybridized carbons (Fsp3) is 0.174. The number of aromatic nitrogens is 1. The van der Waals surface area contributed by atoms with E-state index in [-0.39, 0.29) is 17.5 Å². The van der Waals surface area contributed by atoms with Gasteiger partial charge < -0.3 is 20.4 Å². The Labute approximate surface area is 176 Å². The summed E-state index contributed by atoms with van der Waals surface area (Å²) in [4.78, 5) is 32.9. The molecule has 0 bridgehead atoms. The summed E-state index contributed by atoms with van der Waals surface area (Å²) >= 11 is 0. The molecule has 0 saturated carbocycles. The van der Waals surface area contributed by atoms with Crippen molar-refractivity contribution in [2.45, 2.75) is 0 Å². The van der Waals surface area contributed by atoms with Gasteiger partial charge in [0.25, 0.3) is 11.8 Å². The Morgan fingerprint density at radius 2 is 1.13 bits per heavy atom. The number of carbonyl (C=O) groups is 2. The van der Waals surface area contributed by atoms with Gasteiger partial charge >= 0.3 is 0 Å². The van der Waals surface area contributed by atoms with Crippen LogP contribution in [0.4, 0.5) is 22.7 Å². The fourth-order valence-corrected chi connectivity index (χ4v) is 2.75. The summed E-state index contributed by atoms with van der Waals surface area (Å²) in [6.07, 6.45) is 1.40. The third kappa shape index (κ3) is 5.14. The molecule has 1 aromatic heterocycles. The highest BCUT2D eigenvalue weighted by molar-refractivity contribution is 6.06. The number of carbonyl (C=O) groups excluding carboxylic acids is 2. The second-order valence-electron chi connectivity index (χ2n) is 7.22. The molecule has 3 aromatic rings. The SMILES string of the molecule is CN(C)c1ccc(NC(=O)c2ccc(C(=O)Nc3ccc(N(C)C)cc3)nc2)cc1. The Bertz CT molecular complexity index is 926. The number of anilines is 4. The van der Waals surface area contributed by atoms with E-state index >= 15 is 0 Å². The van der Waals surface area contributed by atoms with E-state index in [4.69, 9.17) is 0 Å². The second kappa shape index (κ2) is 9.09. The monoisotopic (exact) mass is 403 g/mol. The van der Waals surface area contributed by atoms with Crippen LogP contribution in [-0.4, -0.2) is 45.0 Å². The van der Waals surface area contributed by atoms with Gasteiger partial charge in [0, 0.05) is 57.1 Å². The van der Waals surface area contributed by atoms with Crippen molar-refractivity contribution in [2.75, 3.05) is 48.6 Å². The quantitative estimate of drug-likeness (QED) is 0.656. The van der Waals surface area contributed by atoms with E-state index in [2.05, 4.69) is 15.6 Å². The van der Waals surface area contributed by atoms with E-state index in [0.29, 0.717) is 16.9 Å². The van der Waals surface area contributed by atoms with Gasteiger partial charge in [-0.1, -0.05) is 0 Å². The molecule has 7 heteroatoms. The predicted molar refractivity (Wildman–Crippen MR) is 122 cm³/mol. The van der Waals surface area contributed by atoms with Crippen LogP contribution in [0.2, 0.25) is 0 Å². The Kier molecular flexibility index (Phi) is 6.32. The van der Waals surface area contributed by atoms with Crippen molar-refractivity contribution in [3.8, 4) is 0 Å². The zero-order valence-electron chi connectivity index (χ0n) is 17.5. The zero-order chi connectivity index (χ0) is 21.7. The number of nitrogens with zero attached hydrogens (tertiary/aromatic N) is 3. The van der Waals surface area contributed by atoms with Gasteiger partial charge in [-0.15, -0.1) is 0 Å². The summed E-state index contributed by atoms with van der Waals surface area (Å²) in [6.45, 7) is 0. The summed E-state index contributed by atoms with van der Waals surface area (Å²) in [6, 6.07) is 18.1. The summed E-state index contributed by atoms with van der Waals surface area (Å²) in [7, 11) is 7.81. The molecule has 2 N–H and O–H groups in total. The van der Waals surface area contributed by atoms with E-state index in [1.807, 2.05) is 86.5 Å². The minimum atomic E-state index is -0.334. The first kappa shape index (κ1) is 20.9. The number of nitrogens with one attached hydrogen (secondary N) is 2. The standard InChI is InChI=1S/C23H25N5O2/c1-27(2)19-10-6-17(7-11-19)25-22(29)16-5-14-21(24-15-16)23(30)26-18-8-12-20(13-9-18)28(3)4/h5-15H,1-4H3,(H,25,29)(H,26,30). The highest BCUT2D eigenvalue weighted by Crippen LogP contribution is 2.18. The first-order valence-corrected chi connectivity index (χ1v) is 9.47. The number of amides is 2. The third-order valence-electron chi connectivity index (χ3n) is 4.54. The molecule has 30 heavy (non-hydrogen) atoms. The van der Waals surface area contributed by atoms with Crippen LogP contribution in [0.1, 0.15) is 20.8 Å². The van der Waals surface area contributed by atoms with Crippen LogP contribution < -0.4 is 20.4 Å². The minimum absolute atomic E-state index is 0.235. The van der Waals surface area contributed by atoms with Crippen LogP contribution in [0.5, 0.6) is 0 Å². The van der Waals surface area contributed by atoms with Gasteiger partial charge in [0.1, 0.15) is 5.69 Å². The van der Waals surface area contributed by atoms with Crippen molar-refractivity contribution in [3.05, 3.63) is 78.1 Å². The van der Waals surface area contributed by atoms with Crippen LogP contribution in [0.3, 0.4) is 0 Å². The Hall–Kier alpha value is -3.87. The van der Waals surface area contributed by atoms with Crippen molar-refractivity contribution in [1.82, 2.24) is 4.98 Å². The normalized spacial score (nSPS) is 10.3. The van der Waals surface area contributed by atoms with E-state index in [1.54, 1.807) is 6.07 Å². The van der Waals surface area contributed by atoms with Crippen molar-refractivity contribution in [2.24, 2.45) is 0 Å². The highest BCUT2D eigenvalue weighted by Gasteiger charge is 2.11. The fourth-order valence-electron chi connectivity index (χ4n) is 2.75. The molecule has 3 rings (SSSR count). The van der Waals surface area contributed by atoms with Gasteiger partial charge in [-0.2, -0.15) is 0 Å². The second-order valence-corrected chi connectivity index (χ2v) is 7.22. The van der Waals surface area contributed by atoms with E-state index in [9.17, 15) is 9.59 Å². The van der Waals surface area contributed by atoms with E-state index in [0.717, 1.165) is 11.4 Å². The number of hydrogen-bond acceptors (Lipinski definition) is 5. The van der Waals surface area contributed by atoms with Gasteiger partial charge in [-0.05, 0) is 60.7 Å². The van der Waals surface area contributed by atoms with Gasteiger partial charge in [0.15, 0.2) is 0 Å². The predicted octanol–water partition coefficient (Wildman–Crippen LogP) is 3.72. The van der Waals surface area contributed by atoms with Crippen LogP contribution in [0.15, 0.2) is 66.9 Å². The molecule has 2 aromatic carbocycles. The Morgan fingerprint density at radius 1 is 0.667 bits per heavy atom. The average Bonchev–Trinajstić information content (AvgIpc) is 2.74. The maximum Gasteiger partial charge on any atom is 0.274 e. The molecule has 154 valence electrons. The molecule has 0 unspecified atom stereocenters. The average molecular weight is 403 g/mol. The summed E-state index contributed by atoms with van der Waals surface area (Å²) in [5.74, 6) is -0.620. The minimum Gasteiger partial charge on any atom is -0.378 e. The molecule has 7 nitrogen and oxygen atoms in total. The lowest BCUT2D eigenvalue weighted by Crippen LogP contribution is -2.16. The number of benzene rings is 2. The Balaban J connectivity index is 1.61. The van der Waals surface area contributed by atoms with Crippen molar-refractivity contribution in [1.29, 1.82) is 0 Å². The maximum absolute atomic E-state index is 12.4. The number of pyridine rings is 1. The topological polar surface area (TPSA) is 77.6 Å². The van der Waals surface area contributed by atoms with Crippen molar-refractivity contribution in [3.63, 3.8) is 0 Å². The van der Waals surface area contributed by atoms with Crippen molar-refractivity contribution >= 4 is 34.6 Å². The summed E-state index contributed by atoms with van der Waals surface area (Å²) in [5.41, 5.74) is 4.06. The molecule has 0 spiro atoms. The largest absolute Gasteiger partial charge is 0.378 e. The first-order chi connectivity index (χ1) is 14.3. The molecule has 1 heterocycles. The lowest BCUT2D eigenvalue weighted by Gasteiger charge is -2.13. The van der Waals surface area contributed by atoms with Crippen LogP contribution in [0.25, 0.3) is 0 Å². The summed E-state index contributed by atoms with van der Waals surface area (Å²) in [5, 5.41) is 5.63. The van der Waals surface area contributed by atoms with Crippen LogP contribution in [-0.2, 0) is 0 Å². The van der Waals surface area contributed by atoms with Gasteiger partial charge in [-0.3, -0.25) is 14.6 Å². The van der Waals surface area contributed by atoms with Crippen LogP contribution >= 0.6 is 0 Å². The molecule has 0 fully saturated rings. The maximum atomic E-state index is 12.4. The number of rotatable bonds is 6. The molecular formula is C23H25N5O2. The van der Waals surface area contributed by atoms with Gasteiger partial charge in [-0.25, -0.2) is 0 Å². The zero-order valence-corrected chi connectivity index (χ0v) is 17.5. The molecular weight excluding hydrogens is 378 g/mol. The van der Waals surface area contributed by atoms with E-state index in [1.165, 1.54) is 12.3 Å². The molecule has 0 atom stereocenters. The molecule has 0 radical (unpaired) electrons. The Morgan fingerprint density at radius 3 is 1.53 bits per heavy atom. The first-order valence-electron chi connectivity index (χ1n) is 9.47. The molecule has 0 aliphatic rings. The summed E-state index contributed by atoms with van der Waals surface area (Å²) < 4.78 is 0.